The summed E-state index contributed by atoms with van der Waals surface area (Å²) in [7, 11) is 0. The van der Waals surface area contributed by atoms with Gasteiger partial charge < -0.3 is 14.6 Å². The van der Waals surface area contributed by atoms with Crippen LogP contribution in [0.5, 0.6) is 0 Å². The van der Waals surface area contributed by atoms with E-state index in [0.29, 0.717) is 30.9 Å². The average molecular weight is 266 g/mol. The molecule has 2 heterocycles. The molecule has 2 rings (SSSR count). The molecule has 1 unspecified atom stereocenters. The third kappa shape index (κ3) is 3.86. The fourth-order valence-electron chi connectivity index (χ4n) is 2.05. The molecule has 6 nitrogen and oxygen atoms in total. The van der Waals surface area contributed by atoms with Gasteiger partial charge in [0.2, 0.25) is 11.7 Å². The third-order valence-corrected chi connectivity index (χ3v) is 3.16. The first-order valence-electron chi connectivity index (χ1n) is 6.70. The number of rotatable bonds is 6. The van der Waals surface area contributed by atoms with Crippen LogP contribution in [0, 0.1) is 0 Å². The Labute approximate surface area is 113 Å². The minimum Gasteiger partial charge on any atom is -0.367 e. The maximum absolute atomic E-state index is 5.72. The Hall–Kier alpha value is -1.24. The van der Waals surface area contributed by atoms with Crippen LogP contribution < -0.4 is 5.32 Å². The highest BCUT2D eigenvalue weighted by molar-refractivity contribution is 4.94. The van der Waals surface area contributed by atoms with Crippen molar-refractivity contribution in [2.45, 2.75) is 32.5 Å². The number of nitrogens with one attached hydrogen (secondary N) is 1. The highest BCUT2D eigenvalue weighted by Gasteiger charge is 2.27. The molecule has 0 bridgehead atoms. The van der Waals surface area contributed by atoms with Crippen LogP contribution in [-0.2, 0) is 11.3 Å². The van der Waals surface area contributed by atoms with E-state index in [2.05, 4.69) is 40.8 Å². The molecule has 1 saturated heterocycles. The van der Waals surface area contributed by atoms with E-state index in [1.165, 1.54) is 0 Å². The summed E-state index contributed by atoms with van der Waals surface area (Å²) in [4.78, 5) is 6.73. The van der Waals surface area contributed by atoms with Gasteiger partial charge in [-0.2, -0.15) is 4.98 Å². The summed E-state index contributed by atoms with van der Waals surface area (Å²) in [5.74, 6) is 1.22. The van der Waals surface area contributed by atoms with Crippen molar-refractivity contribution in [1.29, 1.82) is 0 Å². The van der Waals surface area contributed by atoms with Gasteiger partial charge in [0.25, 0.3) is 0 Å². The molecule has 0 spiro atoms. The topological polar surface area (TPSA) is 63.4 Å². The second-order valence-corrected chi connectivity index (χ2v) is 4.91. The van der Waals surface area contributed by atoms with Crippen LogP contribution in [0.25, 0.3) is 0 Å². The fraction of sp³-hybridized carbons (Fsp3) is 0.692. The lowest BCUT2D eigenvalue weighted by molar-refractivity contribution is -0.0450. The lowest BCUT2D eigenvalue weighted by atomic mass is 10.2. The number of morpholine rings is 1. The second kappa shape index (κ2) is 6.79. The van der Waals surface area contributed by atoms with Crippen molar-refractivity contribution in [3.8, 4) is 0 Å². The molecule has 1 aromatic rings. The van der Waals surface area contributed by atoms with E-state index in [4.69, 9.17) is 9.26 Å². The maximum atomic E-state index is 5.72. The molecule has 1 atom stereocenters. The van der Waals surface area contributed by atoms with Crippen LogP contribution in [0.4, 0.5) is 0 Å². The van der Waals surface area contributed by atoms with Crippen LogP contribution in [0.2, 0.25) is 0 Å². The number of aromatic nitrogens is 2. The molecule has 0 radical (unpaired) electrons. The monoisotopic (exact) mass is 266 g/mol. The van der Waals surface area contributed by atoms with Gasteiger partial charge >= 0.3 is 0 Å². The zero-order chi connectivity index (χ0) is 13.7. The van der Waals surface area contributed by atoms with Crippen molar-refractivity contribution in [1.82, 2.24) is 20.4 Å². The Bertz CT molecular complexity index is 405. The first-order chi connectivity index (χ1) is 9.20. The molecular weight excluding hydrogens is 244 g/mol. The molecule has 1 aliphatic heterocycles. The summed E-state index contributed by atoms with van der Waals surface area (Å²) in [6.07, 6.45) is 1.70. The minimum atomic E-state index is -0.0898. The first-order valence-corrected chi connectivity index (χ1v) is 6.70. The van der Waals surface area contributed by atoms with Gasteiger partial charge in [0.15, 0.2) is 0 Å². The van der Waals surface area contributed by atoms with Gasteiger partial charge in [-0.25, -0.2) is 0 Å². The molecule has 0 amide bonds. The van der Waals surface area contributed by atoms with E-state index in [9.17, 15) is 0 Å². The minimum absolute atomic E-state index is 0.0898. The van der Waals surface area contributed by atoms with Crippen molar-refractivity contribution >= 4 is 0 Å². The molecule has 0 aromatic carbocycles. The summed E-state index contributed by atoms with van der Waals surface area (Å²) in [5, 5.41) is 7.14. The van der Waals surface area contributed by atoms with Gasteiger partial charge in [-0.15, -0.1) is 6.58 Å². The standard InChI is InChI=1S/C13H22N4O2/c1-4-5-14-8-12-15-13(16-19-12)11-9-17(10(2)3)6-7-18-11/h4,10-11,14H,1,5-9H2,2-3H3. The normalized spacial score (nSPS) is 20.9. The van der Waals surface area contributed by atoms with E-state index in [-0.39, 0.29) is 6.10 Å². The zero-order valence-electron chi connectivity index (χ0n) is 11.6. The fourth-order valence-corrected chi connectivity index (χ4v) is 2.05. The average Bonchev–Trinajstić information content (AvgIpc) is 2.88. The van der Waals surface area contributed by atoms with E-state index in [1.807, 2.05) is 0 Å². The summed E-state index contributed by atoms with van der Waals surface area (Å²) in [6, 6.07) is 0.507. The van der Waals surface area contributed by atoms with Crippen molar-refractivity contribution in [3.63, 3.8) is 0 Å². The summed E-state index contributed by atoms with van der Waals surface area (Å²) < 4.78 is 10.9. The smallest absolute Gasteiger partial charge is 0.240 e. The van der Waals surface area contributed by atoms with Crippen LogP contribution in [0.1, 0.15) is 31.7 Å². The van der Waals surface area contributed by atoms with E-state index in [1.54, 1.807) is 6.08 Å². The molecule has 1 aromatic heterocycles. The van der Waals surface area contributed by atoms with Crippen molar-refractivity contribution < 1.29 is 9.26 Å². The largest absolute Gasteiger partial charge is 0.367 e. The predicted molar refractivity (Wildman–Crippen MR) is 71.6 cm³/mol. The highest BCUT2D eigenvalue weighted by atomic mass is 16.5. The lowest BCUT2D eigenvalue weighted by Crippen LogP contribution is -2.42. The Morgan fingerprint density at radius 3 is 3.16 bits per heavy atom. The number of hydrogen-bond acceptors (Lipinski definition) is 6. The second-order valence-electron chi connectivity index (χ2n) is 4.91. The van der Waals surface area contributed by atoms with E-state index in [0.717, 1.165) is 19.6 Å². The molecule has 1 fully saturated rings. The Morgan fingerprint density at radius 2 is 2.42 bits per heavy atom. The van der Waals surface area contributed by atoms with Crippen molar-refractivity contribution in [2.75, 3.05) is 26.2 Å². The zero-order valence-corrected chi connectivity index (χ0v) is 11.6. The van der Waals surface area contributed by atoms with Gasteiger partial charge in [-0.05, 0) is 13.8 Å². The Balaban J connectivity index is 1.92. The Morgan fingerprint density at radius 1 is 1.58 bits per heavy atom. The quantitative estimate of drug-likeness (QED) is 0.615. The Kier molecular flexibility index (Phi) is 5.07. The molecule has 106 valence electrons. The van der Waals surface area contributed by atoms with Gasteiger partial charge in [-0.1, -0.05) is 11.2 Å². The van der Waals surface area contributed by atoms with E-state index >= 15 is 0 Å². The predicted octanol–water partition coefficient (Wildman–Crippen LogP) is 1.13. The van der Waals surface area contributed by atoms with E-state index < -0.39 is 0 Å². The van der Waals surface area contributed by atoms with Crippen molar-refractivity contribution in [3.05, 3.63) is 24.4 Å². The number of hydrogen-bond donors (Lipinski definition) is 1. The SMILES string of the molecule is C=CCNCc1nc(C2CN(C(C)C)CCO2)no1. The van der Waals surface area contributed by atoms with Crippen LogP contribution in [-0.4, -0.2) is 47.3 Å². The summed E-state index contributed by atoms with van der Waals surface area (Å²) in [6.45, 7) is 11.8. The van der Waals surface area contributed by atoms with Crippen LogP contribution in [0.15, 0.2) is 17.2 Å². The molecule has 1 aliphatic rings. The van der Waals surface area contributed by atoms with Crippen LogP contribution >= 0.6 is 0 Å². The highest BCUT2D eigenvalue weighted by Crippen LogP contribution is 2.20. The molecular formula is C13H22N4O2. The molecule has 0 aliphatic carbocycles. The lowest BCUT2D eigenvalue weighted by Gasteiger charge is -2.34. The number of ether oxygens (including phenoxy) is 1. The first kappa shape index (κ1) is 14.2. The van der Waals surface area contributed by atoms with Crippen molar-refractivity contribution in [2.24, 2.45) is 0 Å². The summed E-state index contributed by atoms with van der Waals surface area (Å²) in [5.41, 5.74) is 0. The molecule has 19 heavy (non-hydrogen) atoms. The molecule has 0 saturated carbocycles. The van der Waals surface area contributed by atoms with Gasteiger partial charge in [0, 0.05) is 25.7 Å². The van der Waals surface area contributed by atoms with Gasteiger partial charge in [0.1, 0.15) is 6.10 Å². The molecule has 1 N–H and O–H groups in total. The maximum Gasteiger partial charge on any atom is 0.240 e. The van der Waals surface area contributed by atoms with Gasteiger partial charge in [0.05, 0.1) is 13.2 Å². The van der Waals surface area contributed by atoms with Crippen LogP contribution in [0.3, 0.4) is 0 Å². The van der Waals surface area contributed by atoms with Gasteiger partial charge in [-0.3, -0.25) is 4.90 Å². The third-order valence-electron chi connectivity index (χ3n) is 3.16. The number of nitrogens with zero attached hydrogens (tertiary/aromatic N) is 3. The molecule has 6 heteroatoms. The summed E-state index contributed by atoms with van der Waals surface area (Å²) >= 11 is 0.